The number of fused-ring (bicyclic) bond motifs is 1. The molecule has 2 N–H and O–H groups in total. The SMILES string of the molecule is CC1CC(C)(CC(C)(C)c2cccc(CC(=O)C(C)(C)O)c2)c2ccc(CC(=O)C(C)(C)O)cc21. The zero-order valence-corrected chi connectivity index (χ0v) is 22.7. The molecule has 190 valence electrons. The van der Waals surface area contributed by atoms with Crippen LogP contribution in [0.4, 0.5) is 0 Å². The van der Waals surface area contributed by atoms with E-state index in [1.165, 1.54) is 30.5 Å². The Morgan fingerprint density at radius 3 is 1.97 bits per heavy atom. The lowest BCUT2D eigenvalue weighted by Crippen LogP contribution is -2.33. The second-order valence-corrected chi connectivity index (χ2v) is 12.7. The van der Waals surface area contributed by atoms with E-state index in [0.29, 0.717) is 5.92 Å². The van der Waals surface area contributed by atoms with Gasteiger partial charge in [-0.25, -0.2) is 0 Å². The normalized spacial score (nSPS) is 20.6. The van der Waals surface area contributed by atoms with Crippen molar-refractivity contribution >= 4 is 11.6 Å². The van der Waals surface area contributed by atoms with Crippen LogP contribution in [0.1, 0.15) is 102 Å². The first kappa shape index (κ1) is 27.3. The van der Waals surface area contributed by atoms with Crippen molar-refractivity contribution in [3.8, 4) is 0 Å². The summed E-state index contributed by atoms with van der Waals surface area (Å²) in [6.45, 7) is 15.3. The summed E-state index contributed by atoms with van der Waals surface area (Å²) in [7, 11) is 0. The van der Waals surface area contributed by atoms with Gasteiger partial charge in [0, 0.05) is 12.8 Å². The number of rotatable bonds is 9. The average molecular weight is 479 g/mol. The predicted molar refractivity (Wildman–Crippen MR) is 141 cm³/mol. The highest BCUT2D eigenvalue weighted by Crippen LogP contribution is 2.51. The van der Waals surface area contributed by atoms with Crippen molar-refractivity contribution in [3.05, 3.63) is 70.3 Å². The quantitative estimate of drug-likeness (QED) is 0.493. The Morgan fingerprint density at radius 1 is 0.886 bits per heavy atom. The minimum Gasteiger partial charge on any atom is -0.383 e. The fraction of sp³-hybridized carbons (Fsp3) is 0.548. The molecule has 0 fully saturated rings. The topological polar surface area (TPSA) is 74.6 Å². The van der Waals surface area contributed by atoms with E-state index >= 15 is 0 Å². The van der Waals surface area contributed by atoms with Crippen molar-refractivity contribution in [2.45, 2.75) is 109 Å². The Kier molecular flexibility index (Phi) is 7.25. The van der Waals surface area contributed by atoms with E-state index < -0.39 is 11.2 Å². The lowest BCUT2D eigenvalue weighted by Gasteiger charge is -2.36. The summed E-state index contributed by atoms with van der Waals surface area (Å²) >= 11 is 0. The summed E-state index contributed by atoms with van der Waals surface area (Å²) in [5, 5.41) is 20.1. The summed E-state index contributed by atoms with van der Waals surface area (Å²) in [6.07, 6.45) is 2.44. The number of aliphatic hydroxyl groups is 2. The fourth-order valence-corrected chi connectivity index (χ4v) is 5.73. The van der Waals surface area contributed by atoms with Gasteiger partial charge in [-0.3, -0.25) is 9.59 Å². The van der Waals surface area contributed by atoms with Gasteiger partial charge >= 0.3 is 0 Å². The summed E-state index contributed by atoms with van der Waals surface area (Å²) in [6, 6.07) is 14.6. The molecule has 4 heteroatoms. The monoisotopic (exact) mass is 478 g/mol. The van der Waals surface area contributed by atoms with Gasteiger partial charge in [0.1, 0.15) is 11.2 Å². The van der Waals surface area contributed by atoms with Crippen LogP contribution >= 0.6 is 0 Å². The van der Waals surface area contributed by atoms with Crippen LogP contribution < -0.4 is 0 Å². The molecular weight excluding hydrogens is 436 g/mol. The molecule has 35 heavy (non-hydrogen) atoms. The number of benzene rings is 2. The molecule has 2 aromatic rings. The Balaban J connectivity index is 1.85. The Labute approximate surface area is 210 Å². The second kappa shape index (κ2) is 9.29. The van der Waals surface area contributed by atoms with Gasteiger partial charge < -0.3 is 10.2 Å². The highest BCUT2D eigenvalue weighted by Gasteiger charge is 2.42. The van der Waals surface area contributed by atoms with Gasteiger partial charge in [0.05, 0.1) is 0 Å². The number of carbonyl (C=O) groups is 2. The third-order valence-corrected chi connectivity index (χ3v) is 7.69. The smallest absolute Gasteiger partial charge is 0.168 e. The molecule has 0 amide bonds. The van der Waals surface area contributed by atoms with E-state index in [1.807, 2.05) is 18.2 Å². The molecule has 0 heterocycles. The third-order valence-electron chi connectivity index (χ3n) is 7.69. The molecule has 0 saturated heterocycles. The van der Waals surface area contributed by atoms with E-state index in [9.17, 15) is 19.8 Å². The molecule has 0 aliphatic heterocycles. The second-order valence-electron chi connectivity index (χ2n) is 12.7. The van der Waals surface area contributed by atoms with Crippen molar-refractivity contribution < 1.29 is 19.8 Å². The van der Waals surface area contributed by atoms with Crippen LogP contribution in [0.15, 0.2) is 42.5 Å². The van der Waals surface area contributed by atoms with Crippen LogP contribution in [0.2, 0.25) is 0 Å². The number of hydrogen-bond donors (Lipinski definition) is 2. The largest absolute Gasteiger partial charge is 0.383 e. The summed E-state index contributed by atoms with van der Waals surface area (Å²) in [4.78, 5) is 24.7. The van der Waals surface area contributed by atoms with Gasteiger partial charge in [0.2, 0.25) is 0 Å². The van der Waals surface area contributed by atoms with Crippen LogP contribution in [0.3, 0.4) is 0 Å². The minimum absolute atomic E-state index is 0.0179. The van der Waals surface area contributed by atoms with Gasteiger partial charge in [-0.1, -0.05) is 70.2 Å². The minimum atomic E-state index is -1.33. The van der Waals surface area contributed by atoms with Gasteiger partial charge in [0.15, 0.2) is 11.6 Å². The molecule has 0 saturated carbocycles. The first-order chi connectivity index (χ1) is 15.9. The molecule has 1 aliphatic carbocycles. The summed E-state index contributed by atoms with van der Waals surface area (Å²) in [5.74, 6) is 0.0329. The van der Waals surface area contributed by atoms with E-state index in [-0.39, 0.29) is 35.2 Å². The van der Waals surface area contributed by atoms with Gasteiger partial charge in [0.25, 0.3) is 0 Å². The van der Waals surface area contributed by atoms with Gasteiger partial charge in [-0.2, -0.15) is 0 Å². The maximum atomic E-state index is 12.4. The first-order valence-electron chi connectivity index (χ1n) is 12.7. The average Bonchev–Trinajstić information content (AvgIpc) is 2.95. The number of hydrogen-bond acceptors (Lipinski definition) is 4. The van der Waals surface area contributed by atoms with Crippen molar-refractivity contribution in [2.75, 3.05) is 0 Å². The number of ketones is 2. The zero-order valence-electron chi connectivity index (χ0n) is 22.7. The molecule has 4 nitrogen and oxygen atoms in total. The van der Waals surface area contributed by atoms with Crippen molar-refractivity contribution in [2.24, 2.45) is 0 Å². The van der Waals surface area contributed by atoms with E-state index in [1.54, 1.807) is 13.8 Å². The number of Topliss-reactive ketones (excluding diaryl/α,β-unsaturated/α-hetero) is 2. The molecule has 0 spiro atoms. The molecule has 0 aromatic heterocycles. The zero-order chi connectivity index (χ0) is 26.4. The van der Waals surface area contributed by atoms with Crippen LogP contribution in [-0.2, 0) is 33.3 Å². The highest BCUT2D eigenvalue weighted by molar-refractivity contribution is 5.88. The van der Waals surface area contributed by atoms with E-state index in [2.05, 4.69) is 52.0 Å². The number of carbonyl (C=O) groups excluding carboxylic acids is 2. The molecule has 3 rings (SSSR count). The molecule has 2 unspecified atom stereocenters. The summed E-state index contributed by atoms with van der Waals surface area (Å²) < 4.78 is 0. The van der Waals surface area contributed by atoms with Crippen LogP contribution in [-0.4, -0.2) is 33.0 Å². The van der Waals surface area contributed by atoms with Gasteiger partial charge in [-0.05, 0) is 85.1 Å². The van der Waals surface area contributed by atoms with Crippen molar-refractivity contribution in [1.29, 1.82) is 0 Å². The molecule has 2 aromatic carbocycles. The Hall–Kier alpha value is -2.30. The Bertz CT molecular complexity index is 1110. The van der Waals surface area contributed by atoms with E-state index in [0.717, 1.165) is 24.0 Å². The van der Waals surface area contributed by atoms with Crippen molar-refractivity contribution in [3.63, 3.8) is 0 Å². The predicted octanol–water partition coefficient (Wildman–Crippen LogP) is 5.58. The van der Waals surface area contributed by atoms with Crippen molar-refractivity contribution in [1.82, 2.24) is 0 Å². The first-order valence-corrected chi connectivity index (χ1v) is 12.7. The third kappa shape index (κ3) is 6.10. The molecule has 1 aliphatic rings. The fourth-order valence-electron chi connectivity index (χ4n) is 5.73. The van der Waals surface area contributed by atoms with Gasteiger partial charge in [-0.15, -0.1) is 0 Å². The van der Waals surface area contributed by atoms with Crippen LogP contribution in [0.25, 0.3) is 0 Å². The molecule has 0 radical (unpaired) electrons. The van der Waals surface area contributed by atoms with Crippen LogP contribution in [0, 0.1) is 0 Å². The summed E-state index contributed by atoms with van der Waals surface area (Å²) in [5.41, 5.74) is 2.90. The lowest BCUT2D eigenvalue weighted by molar-refractivity contribution is -0.133. The van der Waals surface area contributed by atoms with E-state index in [4.69, 9.17) is 0 Å². The molecule has 0 bridgehead atoms. The molecular formula is C31H42O4. The highest BCUT2D eigenvalue weighted by atomic mass is 16.3. The maximum absolute atomic E-state index is 12.4. The maximum Gasteiger partial charge on any atom is 0.168 e. The standard InChI is InChI=1S/C31H42O4/c1-20-18-31(8,25-13-12-22(15-24(20)25)17-27(33)30(6,7)35)19-28(2,3)23-11-9-10-21(14-23)16-26(32)29(4,5)34/h9-15,20,34-35H,16-19H2,1-8H3. The molecule has 2 atom stereocenters. The van der Waals surface area contributed by atoms with Crippen LogP contribution in [0.5, 0.6) is 0 Å². The Morgan fingerprint density at radius 2 is 1.43 bits per heavy atom. The lowest BCUT2D eigenvalue weighted by atomic mass is 9.67.